The number of benzene rings is 1. The summed E-state index contributed by atoms with van der Waals surface area (Å²) in [6.07, 6.45) is 5.59. The summed E-state index contributed by atoms with van der Waals surface area (Å²) in [5.74, 6) is 1.01. The molecule has 0 bridgehead atoms. The summed E-state index contributed by atoms with van der Waals surface area (Å²) in [6.45, 7) is 1.31. The van der Waals surface area contributed by atoms with Gasteiger partial charge in [-0.2, -0.15) is 0 Å². The summed E-state index contributed by atoms with van der Waals surface area (Å²) in [5.41, 5.74) is 10.7. The second-order valence-corrected chi connectivity index (χ2v) is 4.58. The molecule has 0 fully saturated rings. The third-order valence-corrected chi connectivity index (χ3v) is 3.27. The van der Waals surface area contributed by atoms with Crippen LogP contribution in [0.2, 0.25) is 0 Å². The molecule has 0 radical (unpaired) electrons. The van der Waals surface area contributed by atoms with Crippen LogP contribution in [0.4, 0.5) is 0 Å². The number of nitrogens with two attached hydrogens (primary N) is 1. The smallest absolute Gasteiger partial charge is 0.127 e. The van der Waals surface area contributed by atoms with E-state index in [1.54, 1.807) is 6.20 Å². The zero-order chi connectivity index (χ0) is 12.4. The van der Waals surface area contributed by atoms with Gasteiger partial charge in [-0.15, -0.1) is 0 Å². The summed E-state index contributed by atoms with van der Waals surface area (Å²) >= 11 is 0. The van der Waals surface area contributed by atoms with Gasteiger partial charge in [0, 0.05) is 30.9 Å². The third-order valence-electron chi connectivity index (χ3n) is 3.27. The van der Waals surface area contributed by atoms with Crippen molar-refractivity contribution in [2.75, 3.05) is 6.61 Å². The number of rotatable bonds is 3. The molecule has 3 rings (SSSR count). The molecule has 92 valence electrons. The largest absolute Gasteiger partial charge is 0.493 e. The average molecular weight is 240 g/mol. The Labute approximate surface area is 107 Å². The van der Waals surface area contributed by atoms with E-state index in [1.165, 1.54) is 16.7 Å². The van der Waals surface area contributed by atoms with Crippen molar-refractivity contribution >= 4 is 0 Å². The second-order valence-electron chi connectivity index (χ2n) is 4.58. The van der Waals surface area contributed by atoms with E-state index in [-0.39, 0.29) is 0 Å². The molecule has 0 atom stereocenters. The summed E-state index contributed by atoms with van der Waals surface area (Å²) in [6, 6.07) is 8.44. The maximum Gasteiger partial charge on any atom is 0.127 e. The molecule has 3 nitrogen and oxygen atoms in total. The molecular formula is C15H16N2O. The second kappa shape index (κ2) is 4.78. The molecule has 1 aliphatic heterocycles. The molecule has 0 saturated heterocycles. The van der Waals surface area contributed by atoms with Gasteiger partial charge >= 0.3 is 0 Å². The maximum atomic E-state index is 5.79. The zero-order valence-corrected chi connectivity index (χ0v) is 10.2. The number of aromatic nitrogens is 1. The Balaban J connectivity index is 1.94. The van der Waals surface area contributed by atoms with E-state index in [9.17, 15) is 0 Å². The first-order valence-electron chi connectivity index (χ1n) is 6.23. The van der Waals surface area contributed by atoms with E-state index in [0.717, 1.165) is 30.8 Å². The van der Waals surface area contributed by atoms with Gasteiger partial charge < -0.3 is 10.5 Å². The molecule has 0 spiro atoms. The standard InChI is InChI=1S/C15H16N2O/c16-9-14-8-12(6-11-2-1-4-17-10-11)7-13-3-5-18-15(13)14/h1-2,4,7-8,10H,3,5-6,9,16H2. The molecular weight excluding hydrogens is 224 g/mol. The van der Waals surface area contributed by atoms with Gasteiger partial charge in [0.15, 0.2) is 0 Å². The van der Waals surface area contributed by atoms with Crippen LogP contribution in [0.15, 0.2) is 36.7 Å². The minimum Gasteiger partial charge on any atom is -0.493 e. The predicted octanol–water partition coefficient (Wildman–Crippen LogP) is 2.07. The summed E-state index contributed by atoms with van der Waals surface area (Å²) < 4.78 is 5.63. The SMILES string of the molecule is NCc1cc(Cc2cccnc2)cc2c1OCC2. The van der Waals surface area contributed by atoms with E-state index >= 15 is 0 Å². The normalized spacial score (nSPS) is 13.2. The lowest BCUT2D eigenvalue weighted by Crippen LogP contribution is -2.01. The third kappa shape index (κ3) is 2.09. The highest BCUT2D eigenvalue weighted by molar-refractivity contribution is 5.47. The minimum atomic E-state index is 0.531. The van der Waals surface area contributed by atoms with Gasteiger partial charge in [-0.1, -0.05) is 18.2 Å². The van der Waals surface area contributed by atoms with Crippen LogP contribution >= 0.6 is 0 Å². The van der Waals surface area contributed by atoms with Crippen LogP contribution in [0, 0.1) is 0 Å². The van der Waals surface area contributed by atoms with Crippen LogP contribution in [0.25, 0.3) is 0 Å². The van der Waals surface area contributed by atoms with Crippen molar-refractivity contribution in [1.82, 2.24) is 4.98 Å². The molecule has 2 N–H and O–H groups in total. The molecule has 1 aromatic carbocycles. The Morgan fingerprint density at radius 1 is 1.28 bits per heavy atom. The number of ether oxygens (including phenoxy) is 1. The van der Waals surface area contributed by atoms with Gasteiger partial charge in [-0.3, -0.25) is 4.98 Å². The van der Waals surface area contributed by atoms with Crippen molar-refractivity contribution in [3.63, 3.8) is 0 Å². The molecule has 0 aliphatic carbocycles. The maximum absolute atomic E-state index is 5.79. The fraction of sp³-hybridized carbons (Fsp3) is 0.267. The van der Waals surface area contributed by atoms with Crippen LogP contribution < -0.4 is 10.5 Å². The highest BCUT2D eigenvalue weighted by Gasteiger charge is 2.17. The monoisotopic (exact) mass is 240 g/mol. The number of hydrogen-bond donors (Lipinski definition) is 1. The van der Waals surface area contributed by atoms with Gasteiger partial charge in [0.2, 0.25) is 0 Å². The van der Waals surface area contributed by atoms with Gasteiger partial charge in [-0.25, -0.2) is 0 Å². The molecule has 0 unspecified atom stereocenters. The number of hydrogen-bond acceptors (Lipinski definition) is 3. The van der Waals surface area contributed by atoms with Crippen molar-refractivity contribution in [3.05, 3.63) is 58.9 Å². The minimum absolute atomic E-state index is 0.531. The lowest BCUT2D eigenvalue weighted by molar-refractivity contribution is 0.353. The molecule has 1 aliphatic rings. The van der Waals surface area contributed by atoms with E-state index in [1.807, 2.05) is 12.3 Å². The summed E-state index contributed by atoms with van der Waals surface area (Å²) in [5, 5.41) is 0. The molecule has 1 aromatic heterocycles. The Kier molecular flexibility index (Phi) is 2.99. The highest BCUT2D eigenvalue weighted by Crippen LogP contribution is 2.31. The van der Waals surface area contributed by atoms with Crippen molar-refractivity contribution in [2.24, 2.45) is 5.73 Å². The fourth-order valence-corrected chi connectivity index (χ4v) is 2.45. The first-order chi connectivity index (χ1) is 8.86. The van der Waals surface area contributed by atoms with E-state index < -0.39 is 0 Å². The van der Waals surface area contributed by atoms with Crippen LogP contribution in [0.1, 0.15) is 22.3 Å². The van der Waals surface area contributed by atoms with E-state index in [0.29, 0.717) is 6.54 Å². The molecule has 2 aromatic rings. The molecule has 3 heteroatoms. The van der Waals surface area contributed by atoms with Gasteiger partial charge in [-0.05, 0) is 29.2 Å². The van der Waals surface area contributed by atoms with Crippen LogP contribution in [-0.4, -0.2) is 11.6 Å². The number of pyridine rings is 1. The Morgan fingerprint density at radius 2 is 2.22 bits per heavy atom. The molecule has 0 amide bonds. The molecule has 18 heavy (non-hydrogen) atoms. The van der Waals surface area contributed by atoms with Gasteiger partial charge in [0.1, 0.15) is 5.75 Å². The summed E-state index contributed by atoms with van der Waals surface area (Å²) in [7, 11) is 0. The summed E-state index contributed by atoms with van der Waals surface area (Å²) in [4.78, 5) is 4.15. The van der Waals surface area contributed by atoms with Crippen molar-refractivity contribution in [2.45, 2.75) is 19.4 Å². The number of fused-ring (bicyclic) bond motifs is 1. The van der Waals surface area contributed by atoms with Crippen LogP contribution in [0.5, 0.6) is 5.75 Å². The van der Waals surface area contributed by atoms with Gasteiger partial charge in [0.05, 0.1) is 6.61 Å². The van der Waals surface area contributed by atoms with E-state index in [2.05, 4.69) is 23.2 Å². The topological polar surface area (TPSA) is 48.1 Å². The van der Waals surface area contributed by atoms with Crippen molar-refractivity contribution in [3.8, 4) is 5.75 Å². The average Bonchev–Trinajstić information content (AvgIpc) is 2.87. The highest BCUT2D eigenvalue weighted by atomic mass is 16.5. The van der Waals surface area contributed by atoms with Gasteiger partial charge in [0.25, 0.3) is 0 Å². The Hall–Kier alpha value is -1.87. The lowest BCUT2D eigenvalue weighted by Gasteiger charge is -2.09. The molecule has 2 heterocycles. The first-order valence-corrected chi connectivity index (χ1v) is 6.23. The lowest BCUT2D eigenvalue weighted by atomic mass is 9.99. The Bertz CT molecular complexity index is 552. The number of nitrogens with zero attached hydrogens (tertiary/aromatic N) is 1. The van der Waals surface area contributed by atoms with Crippen molar-refractivity contribution < 1.29 is 4.74 Å². The van der Waals surface area contributed by atoms with Crippen LogP contribution in [-0.2, 0) is 19.4 Å². The van der Waals surface area contributed by atoms with Crippen LogP contribution in [0.3, 0.4) is 0 Å². The zero-order valence-electron chi connectivity index (χ0n) is 10.2. The predicted molar refractivity (Wildman–Crippen MR) is 70.6 cm³/mol. The molecule has 0 saturated carbocycles. The first kappa shape index (κ1) is 11.2. The quantitative estimate of drug-likeness (QED) is 0.893. The van der Waals surface area contributed by atoms with Crippen molar-refractivity contribution in [1.29, 1.82) is 0 Å². The fourth-order valence-electron chi connectivity index (χ4n) is 2.45. The Morgan fingerprint density at radius 3 is 3.00 bits per heavy atom. The van der Waals surface area contributed by atoms with E-state index in [4.69, 9.17) is 10.5 Å².